The van der Waals surface area contributed by atoms with Crippen molar-refractivity contribution in [3.8, 4) is 0 Å². The molecule has 0 spiro atoms. The number of H-pyrrole nitrogens is 1. The number of aromatic nitrogens is 2. The van der Waals surface area contributed by atoms with E-state index in [0.717, 1.165) is 17.6 Å². The molecule has 0 saturated heterocycles. The number of anilines is 2. The largest absolute Gasteiger partial charge is 0.378 e. The average molecular weight is 266 g/mol. The number of nitrogens with one attached hydrogen (secondary N) is 3. The molecular formula is C11H14N4O2S. The highest BCUT2D eigenvalue weighted by Crippen LogP contribution is 2.22. The third kappa shape index (κ3) is 3.49. The van der Waals surface area contributed by atoms with Crippen molar-refractivity contribution in [2.45, 2.75) is 6.54 Å². The Morgan fingerprint density at radius 1 is 1.22 bits per heavy atom. The Balaban J connectivity index is 2.12. The minimum atomic E-state index is -3.28. The Kier molecular flexibility index (Phi) is 3.52. The smallest absolute Gasteiger partial charge is 0.229 e. The molecule has 0 saturated carbocycles. The molecule has 0 aliphatic heterocycles. The molecule has 0 bridgehead atoms. The minimum Gasteiger partial charge on any atom is -0.378 e. The van der Waals surface area contributed by atoms with Crippen molar-refractivity contribution in [1.82, 2.24) is 10.2 Å². The summed E-state index contributed by atoms with van der Waals surface area (Å²) in [7, 11) is -3.28. The molecular weight excluding hydrogens is 252 g/mol. The van der Waals surface area contributed by atoms with Gasteiger partial charge in [-0.1, -0.05) is 12.1 Å². The zero-order valence-electron chi connectivity index (χ0n) is 9.84. The number of para-hydroxylation sites is 2. The molecule has 7 heteroatoms. The predicted octanol–water partition coefficient (Wildman–Crippen LogP) is 1.39. The van der Waals surface area contributed by atoms with Crippen LogP contribution in [0.25, 0.3) is 0 Å². The Morgan fingerprint density at radius 2 is 1.94 bits per heavy atom. The lowest BCUT2D eigenvalue weighted by molar-refractivity contribution is 0.607. The van der Waals surface area contributed by atoms with Gasteiger partial charge < -0.3 is 5.32 Å². The van der Waals surface area contributed by atoms with Gasteiger partial charge in [0.2, 0.25) is 10.0 Å². The lowest BCUT2D eigenvalue weighted by Crippen LogP contribution is -2.12. The van der Waals surface area contributed by atoms with E-state index in [1.54, 1.807) is 18.3 Å². The molecule has 0 unspecified atom stereocenters. The van der Waals surface area contributed by atoms with Crippen molar-refractivity contribution in [1.29, 1.82) is 0 Å². The van der Waals surface area contributed by atoms with Crippen LogP contribution in [0.2, 0.25) is 0 Å². The number of sulfonamides is 1. The van der Waals surface area contributed by atoms with E-state index in [0.29, 0.717) is 12.2 Å². The number of rotatable bonds is 5. The van der Waals surface area contributed by atoms with Crippen LogP contribution in [0, 0.1) is 0 Å². The standard InChI is InChI=1S/C11H14N4O2S/c1-18(16,17)15-11-5-3-2-4-10(11)12-8-9-6-7-13-14-9/h2-7,12,15H,8H2,1H3,(H,13,14). The average Bonchev–Trinajstić information content (AvgIpc) is 2.79. The lowest BCUT2D eigenvalue weighted by atomic mass is 10.2. The molecule has 0 fully saturated rings. The SMILES string of the molecule is CS(=O)(=O)Nc1ccccc1NCc1ccn[nH]1. The second-order valence-electron chi connectivity index (χ2n) is 3.86. The van der Waals surface area contributed by atoms with Crippen LogP contribution in [0.15, 0.2) is 36.5 Å². The topological polar surface area (TPSA) is 86.9 Å². The van der Waals surface area contributed by atoms with E-state index < -0.39 is 10.0 Å². The molecule has 1 aromatic heterocycles. The van der Waals surface area contributed by atoms with Crippen molar-refractivity contribution < 1.29 is 8.42 Å². The second-order valence-corrected chi connectivity index (χ2v) is 5.60. The Morgan fingerprint density at radius 3 is 2.56 bits per heavy atom. The lowest BCUT2D eigenvalue weighted by Gasteiger charge is -2.11. The summed E-state index contributed by atoms with van der Waals surface area (Å²) in [4.78, 5) is 0. The number of hydrogen-bond donors (Lipinski definition) is 3. The van der Waals surface area contributed by atoms with E-state index >= 15 is 0 Å². The maximum atomic E-state index is 11.2. The normalized spacial score (nSPS) is 11.2. The monoisotopic (exact) mass is 266 g/mol. The van der Waals surface area contributed by atoms with Gasteiger partial charge in [0.25, 0.3) is 0 Å². The van der Waals surface area contributed by atoms with Gasteiger partial charge in [-0.15, -0.1) is 0 Å². The molecule has 18 heavy (non-hydrogen) atoms. The Bertz CT molecular complexity index is 608. The van der Waals surface area contributed by atoms with Crippen molar-refractivity contribution in [2.24, 2.45) is 0 Å². The highest BCUT2D eigenvalue weighted by atomic mass is 32.2. The van der Waals surface area contributed by atoms with E-state index in [9.17, 15) is 8.42 Å². The van der Waals surface area contributed by atoms with Gasteiger partial charge >= 0.3 is 0 Å². The Labute approximate surface area is 105 Å². The van der Waals surface area contributed by atoms with Gasteiger partial charge in [-0.25, -0.2) is 8.42 Å². The number of benzene rings is 1. The van der Waals surface area contributed by atoms with Gasteiger partial charge in [0, 0.05) is 6.20 Å². The molecule has 0 aliphatic carbocycles. The first kappa shape index (κ1) is 12.4. The van der Waals surface area contributed by atoms with Gasteiger partial charge in [0.05, 0.1) is 29.9 Å². The third-order valence-corrected chi connectivity index (χ3v) is 2.84. The van der Waals surface area contributed by atoms with E-state index in [-0.39, 0.29) is 0 Å². The summed E-state index contributed by atoms with van der Waals surface area (Å²) in [5.41, 5.74) is 2.17. The summed E-state index contributed by atoms with van der Waals surface area (Å²) in [6.07, 6.45) is 2.79. The van der Waals surface area contributed by atoms with Crippen LogP contribution in [0.5, 0.6) is 0 Å². The van der Waals surface area contributed by atoms with Gasteiger partial charge in [-0.05, 0) is 18.2 Å². The van der Waals surface area contributed by atoms with E-state index in [1.165, 1.54) is 0 Å². The summed E-state index contributed by atoms with van der Waals surface area (Å²) in [6, 6.07) is 8.97. The van der Waals surface area contributed by atoms with Crippen LogP contribution in [0.3, 0.4) is 0 Å². The molecule has 6 nitrogen and oxygen atoms in total. The van der Waals surface area contributed by atoms with Crippen LogP contribution in [-0.4, -0.2) is 24.9 Å². The molecule has 0 aliphatic rings. The van der Waals surface area contributed by atoms with E-state index in [4.69, 9.17) is 0 Å². The van der Waals surface area contributed by atoms with E-state index in [2.05, 4.69) is 20.2 Å². The highest BCUT2D eigenvalue weighted by Gasteiger charge is 2.06. The third-order valence-electron chi connectivity index (χ3n) is 2.25. The first-order valence-electron chi connectivity index (χ1n) is 5.33. The summed E-state index contributed by atoms with van der Waals surface area (Å²) in [5, 5.41) is 9.80. The number of nitrogens with zero attached hydrogens (tertiary/aromatic N) is 1. The zero-order chi connectivity index (χ0) is 13.0. The quantitative estimate of drug-likeness (QED) is 0.763. The molecule has 3 N–H and O–H groups in total. The fourth-order valence-electron chi connectivity index (χ4n) is 1.50. The van der Waals surface area contributed by atoms with Crippen LogP contribution < -0.4 is 10.0 Å². The van der Waals surface area contributed by atoms with Gasteiger partial charge in [0.1, 0.15) is 0 Å². The van der Waals surface area contributed by atoms with Gasteiger partial charge in [-0.2, -0.15) is 5.10 Å². The van der Waals surface area contributed by atoms with E-state index in [1.807, 2.05) is 18.2 Å². The fraction of sp³-hybridized carbons (Fsp3) is 0.182. The zero-order valence-corrected chi connectivity index (χ0v) is 10.7. The molecule has 0 radical (unpaired) electrons. The van der Waals surface area contributed by atoms with Gasteiger partial charge in [0.15, 0.2) is 0 Å². The summed E-state index contributed by atoms with van der Waals surface area (Å²) < 4.78 is 24.9. The molecule has 0 atom stereocenters. The van der Waals surface area contributed by atoms with Crippen LogP contribution in [0.1, 0.15) is 5.69 Å². The maximum absolute atomic E-state index is 11.2. The summed E-state index contributed by atoms with van der Waals surface area (Å²) >= 11 is 0. The van der Waals surface area contributed by atoms with Crippen LogP contribution in [-0.2, 0) is 16.6 Å². The first-order valence-corrected chi connectivity index (χ1v) is 7.23. The minimum absolute atomic E-state index is 0.527. The van der Waals surface area contributed by atoms with Crippen molar-refractivity contribution in [3.05, 3.63) is 42.2 Å². The highest BCUT2D eigenvalue weighted by molar-refractivity contribution is 7.92. The molecule has 96 valence electrons. The second kappa shape index (κ2) is 5.09. The maximum Gasteiger partial charge on any atom is 0.229 e. The van der Waals surface area contributed by atoms with Crippen LogP contribution >= 0.6 is 0 Å². The predicted molar refractivity (Wildman–Crippen MR) is 70.8 cm³/mol. The summed E-state index contributed by atoms with van der Waals surface area (Å²) in [5.74, 6) is 0. The molecule has 1 heterocycles. The van der Waals surface area contributed by atoms with Crippen molar-refractivity contribution in [2.75, 3.05) is 16.3 Å². The van der Waals surface area contributed by atoms with Crippen molar-refractivity contribution in [3.63, 3.8) is 0 Å². The number of aromatic amines is 1. The van der Waals surface area contributed by atoms with Crippen LogP contribution in [0.4, 0.5) is 11.4 Å². The molecule has 2 rings (SSSR count). The molecule has 2 aromatic rings. The first-order chi connectivity index (χ1) is 8.54. The number of hydrogen-bond acceptors (Lipinski definition) is 4. The fourth-order valence-corrected chi connectivity index (χ4v) is 2.08. The summed E-state index contributed by atoms with van der Waals surface area (Å²) in [6.45, 7) is 0.544. The molecule has 0 amide bonds. The molecule has 1 aromatic carbocycles. The van der Waals surface area contributed by atoms with Gasteiger partial charge in [-0.3, -0.25) is 9.82 Å². The van der Waals surface area contributed by atoms with Crippen molar-refractivity contribution >= 4 is 21.4 Å². The Hall–Kier alpha value is -2.02.